The average Bonchev–Trinajstić information content (AvgIpc) is 2.74. The number of halogens is 4. The predicted molar refractivity (Wildman–Crippen MR) is 105 cm³/mol. The number of rotatable bonds is 4. The maximum absolute atomic E-state index is 14.1. The van der Waals surface area contributed by atoms with E-state index in [1.807, 2.05) is 13.8 Å². The second kappa shape index (κ2) is 9.25. The molecule has 0 amide bonds. The Morgan fingerprint density at radius 2 is 1.06 bits per heavy atom. The fourth-order valence-corrected chi connectivity index (χ4v) is 3.08. The van der Waals surface area contributed by atoms with Gasteiger partial charge in [0, 0.05) is 16.8 Å². The molecule has 4 nitrogen and oxygen atoms in total. The van der Waals surface area contributed by atoms with E-state index in [1.54, 1.807) is 36.4 Å². The molecule has 32 heavy (non-hydrogen) atoms. The van der Waals surface area contributed by atoms with Crippen LogP contribution in [-0.4, -0.2) is 19.9 Å². The van der Waals surface area contributed by atoms with E-state index in [4.69, 9.17) is 0 Å². The first-order valence-corrected chi connectivity index (χ1v) is 9.19. The molecule has 4 aromatic rings. The van der Waals surface area contributed by atoms with Crippen LogP contribution in [0.15, 0.2) is 48.5 Å². The molecule has 4 heterocycles. The molecule has 4 rings (SSSR count). The van der Waals surface area contributed by atoms with Crippen molar-refractivity contribution in [1.82, 2.24) is 19.9 Å². The maximum Gasteiger partial charge on any atom is 2.00 e. The average molecular weight is 617 g/mol. The van der Waals surface area contributed by atoms with E-state index in [9.17, 15) is 17.6 Å². The van der Waals surface area contributed by atoms with Crippen LogP contribution >= 0.6 is 0 Å². The summed E-state index contributed by atoms with van der Waals surface area (Å²) in [5.74, 6) is -3.98. The molecule has 4 aromatic heterocycles. The van der Waals surface area contributed by atoms with Crippen LogP contribution in [0.2, 0.25) is 0 Å². The third-order valence-electron chi connectivity index (χ3n) is 4.78. The van der Waals surface area contributed by atoms with Crippen LogP contribution in [0.3, 0.4) is 0 Å². The van der Waals surface area contributed by atoms with Crippen LogP contribution in [0.25, 0.3) is 22.5 Å². The summed E-state index contributed by atoms with van der Waals surface area (Å²) in [4.78, 5) is 15.3. The Morgan fingerprint density at radius 1 is 0.656 bits per heavy atom. The number of nitrogens with zero attached hydrogens (tertiary/aromatic N) is 4. The summed E-state index contributed by atoms with van der Waals surface area (Å²) in [6.07, 6.45) is 0. The molecule has 0 saturated carbocycles. The maximum atomic E-state index is 14.1. The van der Waals surface area contributed by atoms with Crippen LogP contribution in [-0.2, 0) is 26.5 Å². The summed E-state index contributed by atoms with van der Waals surface area (Å²) >= 11 is 0. The summed E-state index contributed by atoms with van der Waals surface area (Å²) in [6.45, 7) is 3.69. The third-order valence-corrected chi connectivity index (χ3v) is 4.78. The van der Waals surface area contributed by atoms with Crippen molar-refractivity contribution in [2.75, 3.05) is 0 Å². The Kier molecular flexibility index (Phi) is 6.84. The molecule has 9 heteroatoms. The zero-order valence-corrected chi connectivity index (χ0v) is 19.0. The number of hydrogen-bond acceptors (Lipinski definition) is 4. The van der Waals surface area contributed by atoms with Crippen molar-refractivity contribution in [3.8, 4) is 22.5 Å². The second-order valence-electron chi connectivity index (χ2n) is 7.22. The van der Waals surface area contributed by atoms with Crippen LogP contribution in [0, 0.1) is 35.9 Å². The van der Waals surface area contributed by atoms with E-state index >= 15 is 0 Å². The first kappa shape index (κ1) is 23.7. The quantitative estimate of drug-likeness (QED) is 0.182. The van der Waals surface area contributed by atoms with Gasteiger partial charge in [-0.15, -0.1) is 12.1 Å². The van der Waals surface area contributed by atoms with Gasteiger partial charge in [-0.05, 0) is 37.4 Å². The van der Waals surface area contributed by atoms with Gasteiger partial charge in [-0.2, -0.15) is 0 Å². The fraction of sp³-hybridized carbons (Fsp3) is 0.130. The predicted octanol–water partition coefficient (Wildman–Crippen LogP) is 5.08. The van der Waals surface area contributed by atoms with Gasteiger partial charge in [-0.3, -0.25) is 9.97 Å². The molecule has 0 fully saturated rings. The largest absolute Gasteiger partial charge is 2.00 e. The molecule has 0 N–H and O–H groups in total. The Labute approximate surface area is 196 Å². The van der Waals surface area contributed by atoms with Gasteiger partial charge in [-0.1, -0.05) is 47.5 Å². The van der Waals surface area contributed by atoms with Gasteiger partial charge in [0.2, 0.25) is 0 Å². The minimum absolute atomic E-state index is 0. The molecule has 0 spiro atoms. The number of aromatic nitrogens is 4. The van der Waals surface area contributed by atoms with E-state index < -0.39 is 29.2 Å². The SMILES string of the molecule is CC(C)(c1cccc(-c2[c-]cc(F)nc2F)n1)c1cccc(-c2[c-]cc(F)nc2F)n1.[Pt+2]. The van der Waals surface area contributed by atoms with Crippen molar-refractivity contribution in [3.63, 3.8) is 0 Å². The van der Waals surface area contributed by atoms with E-state index in [0.29, 0.717) is 11.4 Å². The Hall–Kier alpha value is -2.99. The molecule has 0 atom stereocenters. The van der Waals surface area contributed by atoms with Gasteiger partial charge in [0.25, 0.3) is 0 Å². The smallest absolute Gasteiger partial charge is 0.300 e. The fourth-order valence-electron chi connectivity index (χ4n) is 3.08. The van der Waals surface area contributed by atoms with E-state index in [2.05, 4.69) is 32.1 Å². The van der Waals surface area contributed by atoms with Gasteiger partial charge in [0.05, 0.1) is 0 Å². The summed E-state index contributed by atoms with van der Waals surface area (Å²) in [6, 6.07) is 16.8. The van der Waals surface area contributed by atoms with Crippen molar-refractivity contribution in [2.45, 2.75) is 19.3 Å². The van der Waals surface area contributed by atoms with Gasteiger partial charge < -0.3 is 9.97 Å². The minimum atomic E-state index is -1.02. The summed E-state index contributed by atoms with van der Waals surface area (Å²) in [5.41, 5.74) is 0.633. The molecule has 0 aromatic carbocycles. The molecule has 0 aliphatic rings. The number of pyridine rings is 4. The first-order chi connectivity index (χ1) is 14.8. The zero-order valence-electron chi connectivity index (χ0n) is 16.7. The van der Waals surface area contributed by atoms with Gasteiger partial charge >= 0.3 is 21.1 Å². The van der Waals surface area contributed by atoms with Crippen LogP contribution in [0.1, 0.15) is 25.2 Å². The Morgan fingerprint density at radius 3 is 1.44 bits per heavy atom. The molecule has 0 aliphatic heterocycles. The van der Waals surface area contributed by atoms with Crippen molar-refractivity contribution >= 4 is 0 Å². The topological polar surface area (TPSA) is 51.6 Å². The van der Waals surface area contributed by atoms with E-state index in [1.165, 1.54) is 0 Å². The summed E-state index contributed by atoms with van der Waals surface area (Å²) in [5, 5.41) is 0. The van der Waals surface area contributed by atoms with Gasteiger partial charge in [0.1, 0.15) is 23.8 Å². The number of hydrogen-bond donors (Lipinski definition) is 0. The normalized spacial score (nSPS) is 11.2. The van der Waals surface area contributed by atoms with Crippen molar-refractivity contribution in [1.29, 1.82) is 0 Å². The summed E-state index contributed by atoms with van der Waals surface area (Å²) in [7, 11) is 0. The molecule has 0 unspecified atom stereocenters. The monoisotopic (exact) mass is 617 g/mol. The van der Waals surface area contributed by atoms with Crippen LogP contribution < -0.4 is 0 Å². The van der Waals surface area contributed by atoms with Crippen LogP contribution in [0.5, 0.6) is 0 Å². The molecular formula is C23H14F4N4Pt. The van der Waals surface area contributed by atoms with E-state index in [-0.39, 0.29) is 43.6 Å². The molecule has 0 saturated heterocycles. The van der Waals surface area contributed by atoms with Crippen molar-refractivity contribution in [2.24, 2.45) is 0 Å². The first-order valence-electron chi connectivity index (χ1n) is 9.19. The third kappa shape index (κ3) is 4.60. The molecule has 0 aliphatic carbocycles. The minimum Gasteiger partial charge on any atom is -0.300 e. The molecule has 0 bridgehead atoms. The second-order valence-corrected chi connectivity index (χ2v) is 7.22. The zero-order chi connectivity index (χ0) is 22.2. The van der Waals surface area contributed by atoms with Crippen molar-refractivity contribution < 1.29 is 38.6 Å². The Bertz CT molecular complexity index is 1180. The van der Waals surface area contributed by atoms with Crippen LogP contribution in [0.4, 0.5) is 17.6 Å². The molecular weight excluding hydrogens is 603 g/mol. The van der Waals surface area contributed by atoms with Crippen molar-refractivity contribution in [3.05, 3.63) is 95.8 Å². The molecule has 0 radical (unpaired) electrons. The van der Waals surface area contributed by atoms with Gasteiger partial charge in [0.15, 0.2) is 0 Å². The standard InChI is InChI=1S/C23H14F4N4.Pt/c1-23(2,17-7-3-5-15(28-17)13-9-11-19(24)30-21(13)26)18-8-4-6-16(29-18)14-10-12-20(25)31-22(14)27;/h3-8,11-12H,1-2H3;/q-2;+2. The van der Waals surface area contributed by atoms with Gasteiger partial charge in [-0.25, -0.2) is 17.6 Å². The van der Waals surface area contributed by atoms with E-state index in [0.717, 1.165) is 12.1 Å². The molecule has 164 valence electrons. The summed E-state index contributed by atoms with van der Waals surface area (Å²) < 4.78 is 54.4. The Balaban J connectivity index is 0.00000289.